The molecule has 2 aromatic carbocycles. The van der Waals surface area contributed by atoms with Crippen molar-refractivity contribution in [2.24, 2.45) is 0 Å². The Bertz CT molecular complexity index is 1450. The lowest BCUT2D eigenvalue weighted by Crippen LogP contribution is -2.07. The third-order valence-electron chi connectivity index (χ3n) is 5.57. The van der Waals surface area contributed by atoms with Crippen LogP contribution in [0.25, 0.3) is 44.1 Å². The van der Waals surface area contributed by atoms with Gasteiger partial charge in [0, 0.05) is 40.2 Å². The molecule has 3 heterocycles. The van der Waals surface area contributed by atoms with Crippen LogP contribution in [0.15, 0.2) is 66.2 Å². The number of esters is 1. The zero-order chi connectivity index (χ0) is 23.7. The van der Waals surface area contributed by atoms with Gasteiger partial charge in [-0.1, -0.05) is 17.7 Å². The van der Waals surface area contributed by atoms with Crippen molar-refractivity contribution in [1.29, 1.82) is 0 Å². The molecule has 0 bridgehead atoms. The number of hydrogen-bond donors (Lipinski definition) is 1. The molecular weight excluding hydrogens is 470 g/mol. The number of nitrogens with one attached hydrogen (secondary N) is 1. The summed E-state index contributed by atoms with van der Waals surface area (Å²) in [5, 5.41) is 3.66. The number of aromatic amines is 1. The second kappa shape index (κ2) is 9.37. The molecular formula is C26H22ClN3O3S. The first-order valence-corrected chi connectivity index (χ1v) is 12.0. The predicted molar refractivity (Wildman–Crippen MR) is 136 cm³/mol. The van der Waals surface area contributed by atoms with E-state index in [1.807, 2.05) is 66.2 Å². The number of benzene rings is 2. The topological polar surface area (TPSA) is 69.1 Å². The lowest BCUT2D eigenvalue weighted by atomic mass is 10.0. The van der Waals surface area contributed by atoms with Crippen LogP contribution in [0.1, 0.15) is 6.92 Å². The Morgan fingerprint density at radius 2 is 2.00 bits per heavy atom. The van der Waals surface area contributed by atoms with Crippen molar-refractivity contribution < 1.29 is 14.3 Å². The summed E-state index contributed by atoms with van der Waals surface area (Å²) in [5.41, 5.74) is 4.67. The third kappa shape index (κ3) is 4.32. The molecule has 0 spiro atoms. The van der Waals surface area contributed by atoms with Crippen molar-refractivity contribution in [1.82, 2.24) is 14.5 Å². The number of ether oxygens (including phenoxy) is 2. The molecule has 0 saturated carbocycles. The molecule has 0 radical (unpaired) electrons. The second-order valence-electron chi connectivity index (χ2n) is 7.75. The molecule has 0 unspecified atom stereocenters. The summed E-state index contributed by atoms with van der Waals surface area (Å²) in [6.45, 7) is 2.22. The van der Waals surface area contributed by atoms with E-state index < -0.39 is 0 Å². The summed E-state index contributed by atoms with van der Waals surface area (Å²) in [5.74, 6) is 1.30. The van der Waals surface area contributed by atoms with Crippen LogP contribution in [0.5, 0.6) is 5.75 Å². The first-order chi connectivity index (χ1) is 16.5. The van der Waals surface area contributed by atoms with Gasteiger partial charge in [0.15, 0.2) is 0 Å². The van der Waals surface area contributed by atoms with Crippen LogP contribution < -0.4 is 4.74 Å². The minimum Gasteiger partial charge on any atom is -0.497 e. The number of thiophene rings is 1. The molecule has 34 heavy (non-hydrogen) atoms. The molecule has 0 amide bonds. The number of imidazole rings is 1. The smallest absolute Gasteiger partial charge is 0.302 e. The van der Waals surface area contributed by atoms with Crippen molar-refractivity contribution in [2.75, 3.05) is 13.7 Å². The van der Waals surface area contributed by atoms with E-state index in [0.717, 1.165) is 49.9 Å². The molecule has 0 fully saturated rings. The average Bonchev–Trinajstić information content (AvgIpc) is 3.57. The van der Waals surface area contributed by atoms with E-state index in [9.17, 15) is 4.79 Å². The van der Waals surface area contributed by atoms with Gasteiger partial charge in [-0.05, 0) is 53.9 Å². The highest BCUT2D eigenvalue weighted by atomic mass is 35.5. The second-order valence-corrected chi connectivity index (χ2v) is 9.14. The zero-order valence-electron chi connectivity index (χ0n) is 18.7. The Balaban J connectivity index is 1.68. The van der Waals surface area contributed by atoms with E-state index in [4.69, 9.17) is 26.1 Å². The number of halogens is 1. The van der Waals surface area contributed by atoms with E-state index in [-0.39, 0.29) is 12.6 Å². The van der Waals surface area contributed by atoms with Gasteiger partial charge in [0.25, 0.3) is 0 Å². The first-order valence-electron chi connectivity index (χ1n) is 10.7. The Hall–Kier alpha value is -3.55. The summed E-state index contributed by atoms with van der Waals surface area (Å²) in [4.78, 5) is 20.9. The molecule has 0 aliphatic rings. The van der Waals surface area contributed by atoms with E-state index in [0.29, 0.717) is 11.6 Å². The number of methoxy groups -OCH3 is 1. The maximum absolute atomic E-state index is 11.3. The van der Waals surface area contributed by atoms with Crippen molar-refractivity contribution in [2.45, 2.75) is 13.5 Å². The number of H-pyrrole nitrogens is 1. The minimum absolute atomic E-state index is 0.285. The van der Waals surface area contributed by atoms with Gasteiger partial charge in [-0.3, -0.25) is 4.79 Å². The standard InChI is InChI=1S/C26H22ClN3O3S/c1-16(31)33-12-11-30-15-21(20-14-18(27)7-10-22(20)30)25-24(17-5-8-19(32-2)9-6-17)28-26(29-25)23-4-3-13-34-23/h3-10,13-15H,11-12H2,1-2H3,(H,28,29). The monoisotopic (exact) mass is 491 g/mol. The van der Waals surface area contributed by atoms with Crippen LogP contribution in [0.2, 0.25) is 5.02 Å². The van der Waals surface area contributed by atoms with Crippen LogP contribution in [0.3, 0.4) is 0 Å². The summed E-state index contributed by atoms with van der Waals surface area (Å²) < 4.78 is 12.6. The highest BCUT2D eigenvalue weighted by Gasteiger charge is 2.20. The molecule has 0 aliphatic heterocycles. The van der Waals surface area contributed by atoms with E-state index in [1.165, 1.54) is 6.92 Å². The van der Waals surface area contributed by atoms with E-state index in [2.05, 4.69) is 9.55 Å². The number of hydrogen-bond acceptors (Lipinski definition) is 5. The third-order valence-corrected chi connectivity index (χ3v) is 6.68. The highest BCUT2D eigenvalue weighted by molar-refractivity contribution is 7.13. The number of nitrogens with zero attached hydrogens (tertiary/aromatic N) is 2. The summed E-state index contributed by atoms with van der Waals surface area (Å²) in [7, 11) is 1.65. The largest absolute Gasteiger partial charge is 0.497 e. The number of carbonyl (C=O) groups excluding carboxylic acids is 1. The van der Waals surface area contributed by atoms with Gasteiger partial charge in [0.1, 0.15) is 18.2 Å². The summed E-state index contributed by atoms with van der Waals surface area (Å²) in [6.07, 6.45) is 2.05. The van der Waals surface area contributed by atoms with Gasteiger partial charge in [0.2, 0.25) is 0 Å². The molecule has 0 atom stereocenters. The lowest BCUT2D eigenvalue weighted by Gasteiger charge is -2.05. The number of fused-ring (bicyclic) bond motifs is 1. The number of aromatic nitrogens is 3. The Morgan fingerprint density at radius 1 is 1.18 bits per heavy atom. The molecule has 5 rings (SSSR count). The summed E-state index contributed by atoms with van der Waals surface area (Å²) in [6, 6.07) is 17.7. The summed E-state index contributed by atoms with van der Waals surface area (Å²) >= 11 is 8.02. The minimum atomic E-state index is -0.297. The maximum atomic E-state index is 11.3. The molecule has 1 N–H and O–H groups in total. The van der Waals surface area contributed by atoms with Crippen molar-refractivity contribution in [3.05, 3.63) is 71.2 Å². The molecule has 8 heteroatoms. The van der Waals surface area contributed by atoms with Crippen LogP contribution in [0, 0.1) is 0 Å². The van der Waals surface area contributed by atoms with Crippen molar-refractivity contribution in [3.8, 4) is 39.0 Å². The molecule has 6 nitrogen and oxygen atoms in total. The van der Waals surface area contributed by atoms with Crippen LogP contribution in [-0.2, 0) is 16.1 Å². The van der Waals surface area contributed by atoms with Gasteiger partial charge in [-0.25, -0.2) is 4.98 Å². The zero-order valence-corrected chi connectivity index (χ0v) is 20.2. The van der Waals surface area contributed by atoms with Gasteiger partial charge in [-0.15, -0.1) is 11.3 Å². The van der Waals surface area contributed by atoms with Crippen LogP contribution >= 0.6 is 22.9 Å². The highest BCUT2D eigenvalue weighted by Crippen LogP contribution is 2.39. The van der Waals surface area contributed by atoms with Gasteiger partial charge < -0.3 is 19.0 Å². The SMILES string of the molecule is COc1ccc(-c2[nH]c(-c3cccs3)nc2-c2cn(CCOC(C)=O)c3ccc(Cl)cc23)cc1. The number of rotatable bonds is 7. The Labute approximate surface area is 205 Å². The molecule has 3 aromatic heterocycles. The van der Waals surface area contributed by atoms with E-state index in [1.54, 1.807) is 18.4 Å². The molecule has 5 aromatic rings. The normalized spacial score (nSPS) is 11.1. The van der Waals surface area contributed by atoms with Crippen molar-refractivity contribution in [3.63, 3.8) is 0 Å². The Kier molecular flexibility index (Phi) is 6.13. The molecule has 0 saturated heterocycles. The fourth-order valence-corrected chi connectivity index (χ4v) is 4.84. The van der Waals surface area contributed by atoms with Crippen molar-refractivity contribution >= 4 is 39.8 Å². The number of carbonyl (C=O) groups is 1. The predicted octanol–water partition coefficient (Wildman–Crippen LogP) is 6.65. The van der Waals surface area contributed by atoms with Crippen LogP contribution in [-0.4, -0.2) is 34.2 Å². The van der Waals surface area contributed by atoms with Crippen LogP contribution in [0.4, 0.5) is 0 Å². The van der Waals surface area contributed by atoms with Gasteiger partial charge in [0.05, 0.1) is 29.9 Å². The average molecular weight is 492 g/mol. The van der Waals surface area contributed by atoms with Gasteiger partial charge >= 0.3 is 5.97 Å². The van der Waals surface area contributed by atoms with E-state index >= 15 is 0 Å². The Morgan fingerprint density at radius 3 is 2.71 bits per heavy atom. The molecule has 172 valence electrons. The first kappa shape index (κ1) is 22.3. The maximum Gasteiger partial charge on any atom is 0.302 e. The molecule has 0 aliphatic carbocycles. The fraction of sp³-hybridized carbons (Fsp3) is 0.154. The van der Waals surface area contributed by atoms with Gasteiger partial charge in [-0.2, -0.15) is 0 Å². The quantitative estimate of drug-likeness (QED) is 0.259. The lowest BCUT2D eigenvalue weighted by molar-refractivity contribution is -0.141. The fourth-order valence-electron chi connectivity index (χ4n) is 4.00.